The molecule has 1 saturated heterocycles. The lowest BCUT2D eigenvalue weighted by atomic mass is 9.99. The van der Waals surface area contributed by atoms with Crippen molar-refractivity contribution >= 4 is 17.4 Å². The maximum atomic E-state index is 12.9. The van der Waals surface area contributed by atoms with Crippen LogP contribution < -0.4 is 4.74 Å². The average molecular weight is 412 g/mol. The fourth-order valence-corrected chi connectivity index (χ4v) is 3.62. The number of aryl methyl sites for hydroxylation is 1. The minimum atomic E-state index is -0.767. The van der Waals surface area contributed by atoms with Crippen LogP contribution in [0.25, 0.3) is 5.76 Å². The monoisotopic (exact) mass is 412 g/mol. The summed E-state index contributed by atoms with van der Waals surface area (Å²) < 4.78 is 11.3. The summed E-state index contributed by atoms with van der Waals surface area (Å²) >= 11 is 0. The third-order valence-corrected chi connectivity index (χ3v) is 4.99. The highest BCUT2D eigenvalue weighted by Crippen LogP contribution is 2.40. The Bertz CT molecular complexity index is 960. The standard InChI is InChI=1S/C23H28N2O5/c1-5-29-17-9-6-8-16(14-17)21(26)19-20(18-11-10-15(2)30-18)25(23(28)22(19)27)13-7-12-24(3)4/h6,8-11,14,20,26H,5,7,12-13H2,1-4H3/b21-19-. The fraction of sp³-hybridized carbons (Fsp3) is 0.391. The van der Waals surface area contributed by atoms with Crippen LogP contribution in [0.2, 0.25) is 0 Å². The normalized spacial score (nSPS) is 18.4. The van der Waals surface area contributed by atoms with Gasteiger partial charge in [0.15, 0.2) is 0 Å². The number of aliphatic hydroxyl groups is 1. The quantitative estimate of drug-likeness (QED) is 0.407. The van der Waals surface area contributed by atoms with E-state index in [9.17, 15) is 14.7 Å². The van der Waals surface area contributed by atoms with E-state index in [4.69, 9.17) is 9.15 Å². The molecule has 0 saturated carbocycles. The molecule has 2 heterocycles. The van der Waals surface area contributed by atoms with Crippen molar-refractivity contribution in [1.82, 2.24) is 9.80 Å². The van der Waals surface area contributed by atoms with Crippen molar-refractivity contribution in [3.63, 3.8) is 0 Å². The van der Waals surface area contributed by atoms with E-state index >= 15 is 0 Å². The van der Waals surface area contributed by atoms with Crippen molar-refractivity contribution in [2.45, 2.75) is 26.3 Å². The number of hydrogen-bond donors (Lipinski definition) is 1. The van der Waals surface area contributed by atoms with Crippen LogP contribution >= 0.6 is 0 Å². The number of ketones is 1. The van der Waals surface area contributed by atoms with Gasteiger partial charge in [-0.1, -0.05) is 12.1 Å². The second-order valence-electron chi connectivity index (χ2n) is 7.56. The van der Waals surface area contributed by atoms with Crippen molar-refractivity contribution in [2.24, 2.45) is 0 Å². The number of carbonyl (C=O) groups is 2. The molecule has 1 amide bonds. The van der Waals surface area contributed by atoms with E-state index in [1.807, 2.05) is 25.9 Å². The Morgan fingerprint density at radius 2 is 2.00 bits per heavy atom. The van der Waals surface area contributed by atoms with E-state index in [0.717, 1.165) is 6.54 Å². The first-order chi connectivity index (χ1) is 14.3. The Labute approximate surface area is 176 Å². The Kier molecular flexibility index (Phi) is 6.62. The summed E-state index contributed by atoms with van der Waals surface area (Å²) in [5.74, 6) is 0.131. The van der Waals surface area contributed by atoms with Crippen LogP contribution in [0.3, 0.4) is 0 Å². The molecule has 1 atom stereocenters. The second kappa shape index (κ2) is 9.17. The number of furan rings is 1. The molecule has 0 radical (unpaired) electrons. The van der Waals surface area contributed by atoms with Crippen LogP contribution in [-0.2, 0) is 9.59 Å². The topological polar surface area (TPSA) is 83.2 Å². The molecular weight excluding hydrogens is 384 g/mol. The van der Waals surface area contributed by atoms with Crippen molar-refractivity contribution in [3.05, 3.63) is 59.1 Å². The minimum absolute atomic E-state index is 0.0350. The molecule has 0 bridgehead atoms. The summed E-state index contributed by atoms with van der Waals surface area (Å²) in [5.41, 5.74) is 0.452. The molecule has 0 aliphatic carbocycles. The van der Waals surface area contributed by atoms with E-state index in [1.54, 1.807) is 43.3 Å². The maximum absolute atomic E-state index is 12.9. The Balaban J connectivity index is 2.06. The first-order valence-corrected chi connectivity index (χ1v) is 10.1. The van der Waals surface area contributed by atoms with Crippen LogP contribution in [0.4, 0.5) is 0 Å². The van der Waals surface area contributed by atoms with E-state index in [2.05, 4.69) is 0 Å². The van der Waals surface area contributed by atoms with Gasteiger partial charge in [-0.2, -0.15) is 0 Å². The number of rotatable bonds is 8. The molecule has 7 heteroatoms. The summed E-state index contributed by atoms with van der Waals surface area (Å²) in [6, 6.07) is 9.60. The first-order valence-electron chi connectivity index (χ1n) is 10.1. The predicted molar refractivity (Wildman–Crippen MR) is 113 cm³/mol. The van der Waals surface area contributed by atoms with Crippen LogP contribution in [0.15, 0.2) is 46.4 Å². The molecule has 1 aromatic heterocycles. The number of hydrogen-bond acceptors (Lipinski definition) is 6. The van der Waals surface area contributed by atoms with E-state index in [-0.39, 0.29) is 11.3 Å². The number of benzene rings is 1. The number of likely N-dealkylation sites (tertiary alicyclic amines) is 1. The number of carbonyl (C=O) groups excluding carboxylic acids is 2. The summed E-state index contributed by atoms with van der Waals surface area (Å²) in [6.07, 6.45) is 0.691. The highest BCUT2D eigenvalue weighted by molar-refractivity contribution is 6.46. The van der Waals surface area contributed by atoms with Gasteiger partial charge in [-0.05, 0) is 65.2 Å². The molecule has 30 heavy (non-hydrogen) atoms. The lowest BCUT2D eigenvalue weighted by Crippen LogP contribution is -2.32. The summed E-state index contributed by atoms with van der Waals surface area (Å²) in [7, 11) is 3.90. The zero-order chi connectivity index (χ0) is 21.8. The summed E-state index contributed by atoms with van der Waals surface area (Å²) in [6.45, 7) is 5.29. The maximum Gasteiger partial charge on any atom is 0.295 e. The lowest BCUT2D eigenvalue weighted by molar-refractivity contribution is -0.140. The molecular formula is C23H28N2O5. The van der Waals surface area contributed by atoms with Crippen molar-refractivity contribution in [1.29, 1.82) is 0 Å². The SMILES string of the molecule is CCOc1cccc(/C(O)=C2/C(=O)C(=O)N(CCCN(C)C)C2c2ccc(C)o2)c1. The molecule has 0 spiro atoms. The van der Waals surface area contributed by atoms with Crippen molar-refractivity contribution < 1.29 is 23.8 Å². The number of ether oxygens (including phenoxy) is 1. The largest absolute Gasteiger partial charge is 0.507 e. The molecule has 1 aromatic carbocycles. The predicted octanol–water partition coefficient (Wildman–Crippen LogP) is 3.36. The number of nitrogens with zero attached hydrogens (tertiary/aromatic N) is 2. The van der Waals surface area contributed by atoms with E-state index in [1.165, 1.54) is 4.90 Å². The molecule has 1 aliphatic heterocycles. The van der Waals surface area contributed by atoms with Gasteiger partial charge in [0.05, 0.1) is 12.2 Å². The van der Waals surface area contributed by atoms with Crippen molar-refractivity contribution in [2.75, 3.05) is 33.8 Å². The van der Waals surface area contributed by atoms with Gasteiger partial charge in [0, 0.05) is 12.1 Å². The zero-order valence-electron chi connectivity index (χ0n) is 17.8. The summed E-state index contributed by atoms with van der Waals surface area (Å²) in [5, 5.41) is 11.0. The van der Waals surface area contributed by atoms with E-state index in [0.29, 0.717) is 42.4 Å². The number of Topliss-reactive ketones (excluding diaryl/α,β-unsaturated/α-hetero) is 1. The first kappa shape index (κ1) is 21.6. The lowest BCUT2D eigenvalue weighted by Gasteiger charge is -2.24. The van der Waals surface area contributed by atoms with Crippen LogP contribution in [0, 0.1) is 6.92 Å². The van der Waals surface area contributed by atoms with Gasteiger partial charge in [0.1, 0.15) is 29.1 Å². The highest BCUT2D eigenvalue weighted by Gasteiger charge is 2.47. The van der Waals surface area contributed by atoms with Crippen LogP contribution in [-0.4, -0.2) is 60.4 Å². The summed E-state index contributed by atoms with van der Waals surface area (Å²) in [4.78, 5) is 29.3. The third-order valence-electron chi connectivity index (χ3n) is 4.99. The molecule has 160 valence electrons. The molecule has 1 aliphatic rings. The Hall–Kier alpha value is -3.06. The zero-order valence-corrected chi connectivity index (χ0v) is 17.8. The highest BCUT2D eigenvalue weighted by atomic mass is 16.5. The fourth-order valence-electron chi connectivity index (χ4n) is 3.62. The molecule has 2 aromatic rings. The van der Waals surface area contributed by atoms with Gasteiger partial charge in [-0.15, -0.1) is 0 Å². The smallest absolute Gasteiger partial charge is 0.295 e. The van der Waals surface area contributed by atoms with Crippen LogP contribution in [0.1, 0.15) is 36.5 Å². The second-order valence-corrected chi connectivity index (χ2v) is 7.56. The van der Waals surface area contributed by atoms with Gasteiger partial charge >= 0.3 is 0 Å². The molecule has 1 unspecified atom stereocenters. The number of amides is 1. The van der Waals surface area contributed by atoms with Gasteiger partial charge in [0.25, 0.3) is 11.7 Å². The van der Waals surface area contributed by atoms with Crippen LogP contribution in [0.5, 0.6) is 5.75 Å². The van der Waals surface area contributed by atoms with Gasteiger partial charge in [-0.25, -0.2) is 0 Å². The minimum Gasteiger partial charge on any atom is -0.507 e. The third kappa shape index (κ3) is 4.41. The molecule has 7 nitrogen and oxygen atoms in total. The van der Waals surface area contributed by atoms with Gasteiger partial charge in [-0.3, -0.25) is 9.59 Å². The number of aliphatic hydroxyl groups excluding tert-OH is 1. The van der Waals surface area contributed by atoms with Gasteiger partial charge < -0.3 is 24.1 Å². The molecule has 3 rings (SSSR count). The Morgan fingerprint density at radius 3 is 2.63 bits per heavy atom. The molecule has 1 N–H and O–H groups in total. The van der Waals surface area contributed by atoms with Gasteiger partial charge in [0.2, 0.25) is 0 Å². The van der Waals surface area contributed by atoms with Crippen molar-refractivity contribution in [3.8, 4) is 5.75 Å². The Morgan fingerprint density at radius 1 is 1.23 bits per heavy atom. The molecule has 1 fully saturated rings. The van der Waals surface area contributed by atoms with E-state index < -0.39 is 17.7 Å². The average Bonchev–Trinajstić information content (AvgIpc) is 3.24.